The number of nitriles is 1. The molecule has 2 aliphatic heterocycles. The molecule has 0 saturated heterocycles. The van der Waals surface area contributed by atoms with E-state index in [0.29, 0.717) is 17.2 Å². The van der Waals surface area contributed by atoms with Crippen molar-refractivity contribution in [3.05, 3.63) is 81.7 Å². The summed E-state index contributed by atoms with van der Waals surface area (Å²) in [5.41, 5.74) is 3.73. The normalized spacial score (nSPS) is 19.7. The largest absolute Gasteiger partial charge is 0.459 e. The van der Waals surface area contributed by atoms with E-state index in [9.17, 15) is 5.26 Å². The first kappa shape index (κ1) is 20.9. The number of fused-ring (bicyclic) bond motifs is 4. The monoisotopic (exact) mass is 512 g/mol. The van der Waals surface area contributed by atoms with Crippen molar-refractivity contribution in [2.45, 2.75) is 31.4 Å². The minimum atomic E-state index is -0.947. The minimum Gasteiger partial charge on any atom is -0.459 e. The van der Waals surface area contributed by atoms with Crippen molar-refractivity contribution in [2.75, 3.05) is 11.9 Å². The van der Waals surface area contributed by atoms with Gasteiger partial charge < -0.3 is 14.1 Å². The highest BCUT2D eigenvalue weighted by molar-refractivity contribution is 9.10. The quantitative estimate of drug-likeness (QED) is 0.316. The second-order valence-electron chi connectivity index (χ2n) is 9.28. The third-order valence-electron chi connectivity index (χ3n) is 7.04. The van der Waals surface area contributed by atoms with E-state index in [2.05, 4.69) is 54.0 Å². The fourth-order valence-corrected chi connectivity index (χ4v) is 5.60. The molecule has 1 spiro atoms. The van der Waals surface area contributed by atoms with Gasteiger partial charge in [0.25, 0.3) is 0 Å². The number of pyridine rings is 1. The van der Waals surface area contributed by atoms with Gasteiger partial charge >= 0.3 is 0 Å². The van der Waals surface area contributed by atoms with Crippen molar-refractivity contribution in [1.29, 1.82) is 5.26 Å². The molecule has 0 radical (unpaired) electrons. The third-order valence-corrected chi connectivity index (χ3v) is 7.47. The molecular weight excluding hydrogens is 492 g/mol. The summed E-state index contributed by atoms with van der Waals surface area (Å²) >= 11 is 3.58. The van der Waals surface area contributed by atoms with Crippen molar-refractivity contribution in [2.24, 2.45) is 4.99 Å². The summed E-state index contributed by atoms with van der Waals surface area (Å²) in [6, 6.07) is 16.7. The van der Waals surface area contributed by atoms with Crippen LogP contribution in [-0.2, 0) is 11.8 Å². The lowest BCUT2D eigenvalue weighted by atomic mass is 9.77. The highest BCUT2D eigenvalue weighted by Crippen LogP contribution is 2.56. The molecule has 168 valence electrons. The Bertz CT molecular complexity index is 1530. The summed E-state index contributed by atoms with van der Waals surface area (Å²) in [5, 5.41) is 10.6. The fraction of sp³-hybridized carbons (Fsp3) is 0.222. The molecule has 1 atom stereocenters. The van der Waals surface area contributed by atoms with Crippen LogP contribution in [0.3, 0.4) is 0 Å². The van der Waals surface area contributed by atoms with Crippen molar-refractivity contribution < 1.29 is 9.15 Å². The van der Waals surface area contributed by atoms with Crippen LogP contribution < -0.4 is 9.64 Å². The lowest BCUT2D eigenvalue weighted by Gasteiger charge is -2.44. The molecule has 7 heteroatoms. The first-order valence-corrected chi connectivity index (χ1v) is 11.8. The highest BCUT2D eigenvalue weighted by atomic mass is 79.9. The van der Waals surface area contributed by atoms with Gasteiger partial charge in [-0.3, -0.25) is 9.98 Å². The Balaban J connectivity index is 1.53. The van der Waals surface area contributed by atoms with Gasteiger partial charge in [-0.05, 0) is 59.5 Å². The standard InChI is InChI=1S/C27H21BrN4O2/c1-26(2)22-18(12-29)14-33-25(22)32(3)27(26)15-31-21-10-17(9-16-7-5-4-6-8-16)23-20(24(21)34-27)11-19(28)13-30-23/h4-8,10-11,13-15H,9H2,1-3H3. The molecule has 0 saturated carbocycles. The number of likely N-dealkylation sites (N-methyl/N-ethyl adjacent to an activating group) is 1. The first-order chi connectivity index (χ1) is 16.4. The molecule has 2 aliphatic rings. The number of anilines is 1. The summed E-state index contributed by atoms with van der Waals surface area (Å²) in [6.07, 6.45) is 5.90. The Morgan fingerprint density at radius 3 is 2.74 bits per heavy atom. The second kappa shape index (κ2) is 7.18. The second-order valence-corrected chi connectivity index (χ2v) is 10.2. The van der Waals surface area contributed by atoms with Crippen molar-refractivity contribution in [3.8, 4) is 11.8 Å². The average Bonchev–Trinajstić information content (AvgIpc) is 3.34. The molecule has 0 fully saturated rings. The Kier molecular flexibility index (Phi) is 4.42. The van der Waals surface area contributed by atoms with E-state index in [1.807, 2.05) is 48.6 Å². The van der Waals surface area contributed by atoms with Crippen LogP contribution in [0.4, 0.5) is 11.6 Å². The van der Waals surface area contributed by atoms with Gasteiger partial charge in [0.2, 0.25) is 11.6 Å². The number of furan rings is 1. The van der Waals surface area contributed by atoms with Crippen molar-refractivity contribution in [3.63, 3.8) is 0 Å². The van der Waals surface area contributed by atoms with E-state index < -0.39 is 11.1 Å². The van der Waals surface area contributed by atoms with E-state index in [1.165, 1.54) is 11.8 Å². The Morgan fingerprint density at radius 2 is 1.97 bits per heavy atom. The number of halogens is 1. The van der Waals surface area contributed by atoms with Gasteiger partial charge in [-0.1, -0.05) is 30.3 Å². The Labute approximate surface area is 205 Å². The van der Waals surface area contributed by atoms with Crippen LogP contribution in [0.5, 0.6) is 5.75 Å². The number of aliphatic imine (C=N–C) groups is 1. The van der Waals surface area contributed by atoms with Gasteiger partial charge in [0.05, 0.1) is 22.7 Å². The third kappa shape index (κ3) is 2.72. The van der Waals surface area contributed by atoms with Gasteiger partial charge in [0, 0.05) is 28.7 Å². The Hall–Kier alpha value is -3.63. The van der Waals surface area contributed by atoms with E-state index in [4.69, 9.17) is 19.1 Å². The van der Waals surface area contributed by atoms with Gasteiger partial charge in [0.15, 0.2) is 5.75 Å². The summed E-state index contributed by atoms with van der Waals surface area (Å²) in [7, 11) is 1.91. The molecule has 4 heterocycles. The topological polar surface area (TPSA) is 74.7 Å². The molecule has 0 N–H and O–H groups in total. The molecule has 0 amide bonds. The molecule has 0 bridgehead atoms. The van der Waals surface area contributed by atoms with E-state index in [1.54, 1.807) is 0 Å². The average molecular weight is 513 g/mol. The number of hydrogen-bond donors (Lipinski definition) is 0. The van der Waals surface area contributed by atoms with Crippen LogP contribution in [-0.4, -0.2) is 24.0 Å². The van der Waals surface area contributed by atoms with E-state index >= 15 is 0 Å². The zero-order valence-corrected chi connectivity index (χ0v) is 20.5. The van der Waals surface area contributed by atoms with Gasteiger partial charge in [-0.15, -0.1) is 0 Å². The maximum absolute atomic E-state index is 9.66. The summed E-state index contributed by atoms with van der Waals surface area (Å²) in [5.74, 6) is 1.30. The first-order valence-electron chi connectivity index (χ1n) is 11.0. The molecule has 6 nitrogen and oxygen atoms in total. The molecule has 1 unspecified atom stereocenters. The zero-order chi connectivity index (χ0) is 23.7. The van der Waals surface area contributed by atoms with Crippen LogP contribution in [0, 0.1) is 11.3 Å². The zero-order valence-electron chi connectivity index (χ0n) is 19.0. The van der Waals surface area contributed by atoms with Gasteiger partial charge in [-0.25, -0.2) is 0 Å². The van der Waals surface area contributed by atoms with Gasteiger partial charge in [0.1, 0.15) is 18.0 Å². The smallest absolute Gasteiger partial charge is 0.231 e. The maximum Gasteiger partial charge on any atom is 0.231 e. The van der Waals surface area contributed by atoms with Crippen LogP contribution in [0.15, 0.2) is 68.8 Å². The van der Waals surface area contributed by atoms with E-state index in [-0.39, 0.29) is 0 Å². The number of benzene rings is 2. The van der Waals surface area contributed by atoms with Gasteiger partial charge in [-0.2, -0.15) is 5.26 Å². The molecule has 0 aliphatic carbocycles. The number of rotatable bonds is 2. The Morgan fingerprint density at radius 1 is 1.18 bits per heavy atom. The minimum absolute atomic E-state index is 0.513. The lowest BCUT2D eigenvalue weighted by Crippen LogP contribution is -2.61. The molecule has 6 rings (SSSR count). The number of nitrogens with zero attached hydrogens (tertiary/aromatic N) is 4. The number of hydrogen-bond acceptors (Lipinski definition) is 6. The van der Waals surface area contributed by atoms with Crippen molar-refractivity contribution in [1.82, 2.24) is 4.98 Å². The fourth-order valence-electron chi connectivity index (χ4n) is 5.27. The molecule has 4 aromatic rings. The van der Waals surface area contributed by atoms with Crippen molar-refractivity contribution >= 4 is 44.6 Å². The maximum atomic E-state index is 9.66. The van der Waals surface area contributed by atoms with Crippen LogP contribution in [0.2, 0.25) is 0 Å². The molecule has 2 aromatic heterocycles. The molecular formula is C27H21BrN4O2. The SMILES string of the molecule is CN1c2occ(C#N)c2C(C)(C)C12C=Nc1cc(Cc3ccccc3)c3ncc(Br)cc3c1O2. The van der Waals surface area contributed by atoms with Crippen LogP contribution >= 0.6 is 15.9 Å². The number of ether oxygens (including phenoxy) is 1. The predicted molar refractivity (Wildman–Crippen MR) is 135 cm³/mol. The summed E-state index contributed by atoms with van der Waals surface area (Å²) < 4.78 is 13.5. The van der Waals surface area contributed by atoms with E-state index in [0.717, 1.165) is 38.6 Å². The summed E-state index contributed by atoms with van der Waals surface area (Å²) in [4.78, 5) is 11.6. The summed E-state index contributed by atoms with van der Waals surface area (Å²) in [6.45, 7) is 4.12. The number of aromatic nitrogens is 1. The molecule has 2 aromatic carbocycles. The lowest BCUT2D eigenvalue weighted by molar-refractivity contribution is 0.0822. The van der Waals surface area contributed by atoms with Crippen LogP contribution in [0.1, 0.15) is 36.1 Å². The predicted octanol–water partition coefficient (Wildman–Crippen LogP) is 6.27. The van der Waals surface area contributed by atoms with Crippen LogP contribution in [0.25, 0.3) is 10.9 Å². The molecule has 34 heavy (non-hydrogen) atoms. The highest BCUT2D eigenvalue weighted by Gasteiger charge is 2.61.